The molecule has 0 spiro atoms. The van der Waals surface area contributed by atoms with E-state index in [2.05, 4.69) is 11.7 Å². The molecule has 4 heteroatoms. The van der Waals surface area contributed by atoms with Gasteiger partial charge in [-0.15, -0.1) is 0 Å². The number of halogens is 1. The molecule has 0 unspecified atom stereocenters. The van der Waals surface area contributed by atoms with Crippen molar-refractivity contribution in [1.29, 1.82) is 0 Å². The summed E-state index contributed by atoms with van der Waals surface area (Å²) in [7, 11) is 1.25. The van der Waals surface area contributed by atoms with Gasteiger partial charge in [-0.05, 0) is 42.3 Å². The Bertz CT molecular complexity index is 606. The molecular formula is C16H15FO3. The Labute approximate surface area is 117 Å². The van der Waals surface area contributed by atoms with E-state index in [0.29, 0.717) is 5.75 Å². The first-order chi connectivity index (χ1) is 9.63. The van der Waals surface area contributed by atoms with Gasteiger partial charge in [0.2, 0.25) is 0 Å². The highest BCUT2D eigenvalue weighted by Gasteiger charge is 2.11. The monoisotopic (exact) mass is 274 g/mol. The Morgan fingerprint density at radius 3 is 2.40 bits per heavy atom. The minimum Gasteiger partial charge on any atom is -0.465 e. The smallest absolute Gasteiger partial charge is 0.337 e. The zero-order valence-electron chi connectivity index (χ0n) is 11.4. The number of hydrogen-bond donors (Lipinski definition) is 0. The van der Waals surface area contributed by atoms with Gasteiger partial charge in [0.25, 0.3) is 0 Å². The van der Waals surface area contributed by atoms with Crippen LogP contribution < -0.4 is 4.74 Å². The number of esters is 1. The first kappa shape index (κ1) is 14.1. The number of methoxy groups -OCH3 is 1. The predicted molar refractivity (Wildman–Crippen MR) is 73.6 cm³/mol. The van der Waals surface area contributed by atoms with E-state index in [9.17, 15) is 9.18 Å². The molecule has 0 N–H and O–H groups in total. The molecule has 0 saturated heterocycles. The van der Waals surface area contributed by atoms with Crippen molar-refractivity contribution in [2.45, 2.75) is 13.3 Å². The van der Waals surface area contributed by atoms with Crippen molar-refractivity contribution in [2.75, 3.05) is 7.11 Å². The highest BCUT2D eigenvalue weighted by Crippen LogP contribution is 2.25. The van der Waals surface area contributed by atoms with Crippen molar-refractivity contribution in [3.8, 4) is 11.5 Å². The van der Waals surface area contributed by atoms with Crippen LogP contribution in [0.1, 0.15) is 22.8 Å². The second-order valence-electron chi connectivity index (χ2n) is 4.24. The van der Waals surface area contributed by atoms with Crippen LogP contribution in [0.3, 0.4) is 0 Å². The lowest BCUT2D eigenvalue weighted by molar-refractivity contribution is 0.0600. The average Bonchev–Trinajstić information content (AvgIpc) is 2.49. The number of ether oxygens (including phenoxy) is 2. The maximum Gasteiger partial charge on any atom is 0.337 e. The number of carbonyl (C=O) groups excluding carboxylic acids is 1. The van der Waals surface area contributed by atoms with Gasteiger partial charge >= 0.3 is 5.97 Å². The molecule has 0 aliphatic heterocycles. The first-order valence-electron chi connectivity index (χ1n) is 6.28. The minimum atomic E-state index is -0.604. The van der Waals surface area contributed by atoms with Crippen LogP contribution in [0.5, 0.6) is 11.5 Å². The van der Waals surface area contributed by atoms with Gasteiger partial charge < -0.3 is 9.47 Å². The van der Waals surface area contributed by atoms with Crippen molar-refractivity contribution in [2.24, 2.45) is 0 Å². The molecule has 0 bridgehead atoms. The first-order valence-corrected chi connectivity index (χ1v) is 6.28. The molecule has 0 saturated carbocycles. The molecule has 0 aromatic heterocycles. The molecule has 0 aliphatic rings. The summed E-state index contributed by atoms with van der Waals surface area (Å²) in [5.74, 6) is -0.566. The second kappa shape index (κ2) is 6.19. The average molecular weight is 274 g/mol. The molecule has 2 aromatic carbocycles. The highest BCUT2D eigenvalue weighted by molar-refractivity contribution is 5.89. The third kappa shape index (κ3) is 3.15. The lowest BCUT2D eigenvalue weighted by Gasteiger charge is -2.08. The maximum absolute atomic E-state index is 13.8. The van der Waals surface area contributed by atoms with Gasteiger partial charge in [-0.1, -0.05) is 19.1 Å². The standard InChI is InChI=1S/C16H15FO3/c1-3-11-4-7-13(8-5-11)20-15-9-6-12(10-14(15)17)16(18)19-2/h4-10H,3H2,1-2H3. The lowest BCUT2D eigenvalue weighted by Crippen LogP contribution is -2.02. The summed E-state index contributed by atoms with van der Waals surface area (Å²) in [6, 6.07) is 11.4. The normalized spacial score (nSPS) is 10.2. The lowest BCUT2D eigenvalue weighted by atomic mass is 10.2. The number of benzene rings is 2. The van der Waals surface area contributed by atoms with Crippen LogP contribution >= 0.6 is 0 Å². The zero-order chi connectivity index (χ0) is 14.5. The molecule has 104 valence electrons. The highest BCUT2D eigenvalue weighted by atomic mass is 19.1. The van der Waals surface area contributed by atoms with Crippen molar-refractivity contribution in [3.63, 3.8) is 0 Å². The number of carbonyl (C=O) groups is 1. The van der Waals surface area contributed by atoms with E-state index >= 15 is 0 Å². The Morgan fingerprint density at radius 2 is 1.85 bits per heavy atom. The molecule has 3 nitrogen and oxygen atoms in total. The predicted octanol–water partition coefficient (Wildman–Crippen LogP) is 3.97. The summed E-state index contributed by atoms with van der Waals surface area (Å²) in [5.41, 5.74) is 1.33. The van der Waals surface area contributed by atoms with Crippen LogP contribution in [-0.2, 0) is 11.2 Å². The molecule has 0 heterocycles. The number of hydrogen-bond acceptors (Lipinski definition) is 3. The zero-order valence-corrected chi connectivity index (χ0v) is 11.4. The summed E-state index contributed by atoms with van der Waals surface area (Å²) in [4.78, 5) is 11.3. The van der Waals surface area contributed by atoms with E-state index in [1.807, 2.05) is 12.1 Å². The van der Waals surface area contributed by atoms with Crippen molar-refractivity contribution in [1.82, 2.24) is 0 Å². The quantitative estimate of drug-likeness (QED) is 0.791. The van der Waals surface area contributed by atoms with Crippen LogP contribution in [0.4, 0.5) is 4.39 Å². The van der Waals surface area contributed by atoms with Crippen LogP contribution in [-0.4, -0.2) is 13.1 Å². The van der Waals surface area contributed by atoms with Crippen LogP contribution in [0.15, 0.2) is 42.5 Å². The summed E-state index contributed by atoms with van der Waals surface area (Å²) in [6.45, 7) is 2.06. The fourth-order valence-electron chi connectivity index (χ4n) is 1.75. The topological polar surface area (TPSA) is 35.5 Å². The SMILES string of the molecule is CCc1ccc(Oc2ccc(C(=O)OC)cc2F)cc1. The van der Waals surface area contributed by atoms with Crippen LogP contribution in [0.2, 0.25) is 0 Å². The van der Waals surface area contributed by atoms with Crippen molar-refractivity contribution in [3.05, 3.63) is 59.4 Å². The van der Waals surface area contributed by atoms with Gasteiger partial charge in [-0.3, -0.25) is 0 Å². The maximum atomic E-state index is 13.8. The summed E-state index contributed by atoms with van der Waals surface area (Å²) in [5, 5.41) is 0. The van der Waals surface area contributed by atoms with Gasteiger partial charge in [0.1, 0.15) is 5.75 Å². The van der Waals surface area contributed by atoms with Gasteiger partial charge in [0, 0.05) is 0 Å². The summed E-state index contributed by atoms with van der Waals surface area (Å²) >= 11 is 0. The Balaban J connectivity index is 2.18. The molecule has 0 radical (unpaired) electrons. The Hall–Kier alpha value is -2.36. The molecular weight excluding hydrogens is 259 g/mol. The van der Waals surface area contributed by atoms with Gasteiger partial charge in [-0.2, -0.15) is 0 Å². The third-order valence-corrected chi connectivity index (χ3v) is 2.91. The fraction of sp³-hybridized carbons (Fsp3) is 0.188. The van der Waals surface area contributed by atoms with Crippen molar-refractivity contribution >= 4 is 5.97 Å². The molecule has 0 amide bonds. The largest absolute Gasteiger partial charge is 0.465 e. The number of rotatable bonds is 4. The molecule has 0 aliphatic carbocycles. The fourth-order valence-corrected chi connectivity index (χ4v) is 1.75. The van der Waals surface area contributed by atoms with E-state index in [1.54, 1.807) is 12.1 Å². The summed E-state index contributed by atoms with van der Waals surface area (Å²) in [6.07, 6.45) is 0.933. The van der Waals surface area contributed by atoms with E-state index in [1.165, 1.54) is 24.8 Å². The molecule has 0 fully saturated rings. The Kier molecular flexibility index (Phi) is 4.35. The molecule has 2 rings (SSSR count). The van der Waals surface area contributed by atoms with Gasteiger partial charge in [-0.25, -0.2) is 9.18 Å². The molecule has 0 atom stereocenters. The minimum absolute atomic E-state index is 0.0712. The van der Waals surface area contributed by atoms with Crippen molar-refractivity contribution < 1.29 is 18.7 Å². The van der Waals surface area contributed by atoms with E-state index in [-0.39, 0.29) is 11.3 Å². The summed E-state index contributed by atoms with van der Waals surface area (Å²) < 4.78 is 23.8. The number of aryl methyl sites for hydroxylation is 1. The van der Waals surface area contributed by atoms with E-state index in [4.69, 9.17) is 4.74 Å². The van der Waals surface area contributed by atoms with Gasteiger partial charge in [0.15, 0.2) is 11.6 Å². The third-order valence-electron chi connectivity index (χ3n) is 2.91. The van der Waals surface area contributed by atoms with E-state index < -0.39 is 11.8 Å². The second-order valence-corrected chi connectivity index (χ2v) is 4.24. The van der Waals surface area contributed by atoms with E-state index in [0.717, 1.165) is 12.5 Å². The van der Waals surface area contributed by atoms with Gasteiger partial charge in [0.05, 0.1) is 12.7 Å². The van der Waals surface area contributed by atoms with Crippen LogP contribution in [0, 0.1) is 5.82 Å². The molecule has 20 heavy (non-hydrogen) atoms. The Morgan fingerprint density at radius 1 is 1.15 bits per heavy atom. The van der Waals surface area contributed by atoms with Crippen LogP contribution in [0.25, 0.3) is 0 Å². The molecule has 2 aromatic rings.